The molecule has 0 radical (unpaired) electrons. The molecule has 0 bridgehead atoms. The van der Waals surface area contributed by atoms with Crippen molar-refractivity contribution in [1.29, 1.82) is 0 Å². The van der Waals surface area contributed by atoms with Crippen molar-refractivity contribution in [2.45, 2.75) is 44.7 Å². The SMILES string of the molecule is CC(C)C[C@H](N[C@H]1CCOC1=O)C(=O)NC(=O)OCC1c2ccccc2-c2ccccc21. The van der Waals surface area contributed by atoms with Crippen LogP contribution in [0, 0.1) is 5.92 Å². The molecule has 0 unspecified atom stereocenters. The van der Waals surface area contributed by atoms with Gasteiger partial charge in [-0.25, -0.2) is 4.79 Å². The van der Waals surface area contributed by atoms with E-state index in [1.807, 2.05) is 50.2 Å². The van der Waals surface area contributed by atoms with Crippen LogP contribution in [0.5, 0.6) is 0 Å². The summed E-state index contributed by atoms with van der Waals surface area (Å²) in [6.07, 6.45) is 0.194. The number of alkyl carbamates (subject to hydrolysis) is 1. The van der Waals surface area contributed by atoms with E-state index in [1.54, 1.807) is 0 Å². The number of rotatable bonds is 7. The monoisotopic (exact) mass is 436 g/mol. The zero-order valence-electron chi connectivity index (χ0n) is 18.3. The number of amides is 2. The molecular weight excluding hydrogens is 408 g/mol. The van der Waals surface area contributed by atoms with E-state index in [9.17, 15) is 14.4 Å². The molecule has 2 N–H and O–H groups in total. The smallest absolute Gasteiger partial charge is 0.413 e. The van der Waals surface area contributed by atoms with Gasteiger partial charge in [0, 0.05) is 12.3 Å². The highest BCUT2D eigenvalue weighted by atomic mass is 16.6. The Balaban J connectivity index is 1.38. The van der Waals surface area contributed by atoms with Crippen molar-refractivity contribution in [2.24, 2.45) is 5.92 Å². The van der Waals surface area contributed by atoms with Crippen LogP contribution < -0.4 is 10.6 Å². The van der Waals surface area contributed by atoms with Gasteiger partial charge in [-0.05, 0) is 34.6 Å². The Bertz CT molecular complexity index is 973. The lowest BCUT2D eigenvalue weighted by Gasteiger charge is -2.22. The van der Waals surface area contributed by atoms with Crippen LogP contribution in [0.3, 0.4) is 0 Å². The lowest BCUT2D eigenvalue weighted by molar-refractivity contribution is -0.140. The topological polar surface area (TPSA) is 93.7 Å². The van der Waals surface area contributed by atoms with E-state index < -0.39 is 24.1 Å². The minimum absolute atomic E-state index is 0.0823. The molecule has 0 saturated carbocycles. The van der Waals surface area contributed by atoms with Crippen LogP contribution in [0.1, 0.15) is 43.7 Å². The second-order valence-electron chi connectivity index (χ2n) is 8.67. The third kappa shape index (κ3) is 4.67. The summed E-state index contributed by atoms with van der Waals surface area (Å²) in [7, 11) is 0. The van der Waals surface area contributed by atoms with E-state index in [4.69, 9.17) is 9.47 Å². The fraction of sp³-hybridized carbons (Fsp3) is 0.400. The molecule has 1 fully saturated rings. The predicted octanol–water partition coefficient (Wildman–Crippen LogP) is 3.37. The number of ether oxygens (including phenoxy) is 2. The predicted molar refractivity (Wildman–Crippen MR) is 119 cm³/mol. The molecule has 1 heterocycles. The highest BCUT2D eigenvalue weighted by Gasteiger charge is 2.33. The summed E-state index contributed by atoms with van der Waals surface area (Å²) in [6, 6.07) is 14.9. The molecule has 2 aliphatic rings. The summed E-state index contributed by atoms with van der Waals surface area (Å²) in [4.78, 5) is 37.0. The second kappa shape index (κ2) is 9.53. The maximum atomic E-state index is 12.7. The van der Waals surface area contributed by atoms with Crippen LogP contribution >= 0.6 is 0 Å². The molecule has 2 aromatic rings. The van der Waals surface area contributed by atoms with Gasteiger partial charge in [0.1, 0.15) is 12.6 Å². The van der Waals surface area contributed by atoms with Crippen molar-refractivity contribution in [3.63, 3.8) is 0 Å². The van der Waals surface area contributed by atoms with E-state index in [-0.39, 0.29) is 24.4 Å². The van der Waals surface area contributed by atoms with Crippen LogP contribution in [0.15, 0.2) is 48.5 Å². The molecule has 7 nitrogen and oxygen atoms in total. The van der Waals surface area contributed by atoms with Crippen molar-refractivity contribution in [3.05, 3.63) is 59.7 Å². The maximum absolute atomic E-state index is 12.7. The number of nitrogens with one attached hydrogen (secondary N) is 2. The number of benzene rings is 2. The van der Waals surface area contributed by atoms with E-state index in [2.05, 4.69) is 22.8 Å². The average Bonchev–Trinajstić information content (AvgIpc) is 3.32. The van der Waals surface area contributed by atoms with Gasteiger partial charge < -0.3 is 9.47 Å². The van der Waals surface area contributed by atoms with Crippen LogP contribution in [0.4, 0.5) is 4.79 Å². The van der Waals surface area contributed by atoms with Gasteiger partial charge in [0.2, 0.25) is 5.91 Å². The lowest BCUT2D eigenvalue weighted by Crippen LogP contribution is -2.51. The Labute approximate surface area is 187 Å². The van der Waals surface area contributed by atoms with Crippen molar-refractivity contribution in [1.82, 2.24) is 10.6 Å². The first kappa shape index (κ1) is 22.0. The van der Waals surface area contributed by atoms with Crippen LogP contribution in [0.2, 0.25) is 0 Å². The number of carbonyl (C=O) groups is 3. The molecule has 1 aliphatic heterocycles. The van der Waals surface area contributed by atoms with Crippen LogP contribution in [-0.4, -0.2) is 43.3 Å². The minimum Gasteiger partial charge on any atom is -0.464 e. The molecule has 32 heavy (non-hydrogen) atoms. The number of fused-ring (bicyclic) bond motifs is 3. The third-order valence-electron chi connectivity index (χ3n) is 5.93. The second-order valence-corrected chi connectivity index (χ2v) is 8.67. The number of imide groups is 1. The molecule has 2 amide bonds. The summed E-state index contributed by atoms with van der Waals surface area (Å²) in [6.45, 7) is 4.41. The van der Waals surface area contributed by atoms with Crippen LogP contribution in [0.25, 0.3) is 11.1 Å². The van der Waals surface area contributed by atoms with Gasteiger partial charge in [0.25, 0.3) is 0 Å². The Morgan fingerprint density at radius 2 is 1.69 bits per heavy atom. The van der Waals surface area contributed by atoms with E-state index in [0.717, 1.165) is 22.3 Å². The molecule has 1 saturated heterocycles. The fourth-order valence-corrected chi connectivity index (χ4v) is 4.43. The number of cyclic esters (lactones) is 1. The number of hydrogen-bond acceptors (Lipinski definition) is 6. The maximum Gasteiger partial charge on any atom is 0.413 e. The zero-order valence-corrected chi connectivity index (χ0v) is 18.3. The molecular formula is C25H28N2O5. The first-order chi connectivity index (χ1) is 15.4. The summed E-state index contributed by atoms with van der Waals surface area (Å²) in [5.74, 6) is -0.761. The molecule has 2 atom stereocenters. The number of esters is 1. The first-order valence-electron chi connectivity index (χ1n) is 11.0. The van der Waals surface area contributed by atoms with E-state index >= 15 is 0 Å². The van der Waals surface area contributed by atoms with Gasteiger partial charge >= 0.3 is 12.1 Å². The minimum atomic E-state index is -0.790. The quantitative estimate of drug-likeness (QED) is 0.647. The first-order valence-corrected chi connectivity index (χ1v) is 11.0. The van der Waals surface area contributed by atoms with E-state index in [0.29, 0.717) is 19.4 Å². The van der Waals surface area contributed by atoms with Crippen LogP contribution in [-0.2, 0) is 19.1 Å². The molecule has 7 heteroatoms. The Kier molecular flexibility index (Phi) is 6.55. The Morgan fingerprint density at radius 1 is 1.06 bits per heavy atom. The highest BCUT2D eigenvalue weighted by molar-refractivity contribution is 5.95. The third-order valence-corrected chi connectivity index (χ3v) is 5.93. The molecule has 1 aliphatic carbocycles. The zero-order chi connectivity index (χ0) is 22.7. The summed E-state index contributed by atoms with van der Waals surface area (Å²) in [5, 5.41) is 5.36. The molecule has 0 aromatic heterocycles. The number of carbonyl (C=O) groups excluding carboxylic acids is 3. The standard InChI is InChI=1S/C25H28N2O5/c1-15(2)13-22(26-21-11-12-31-24(21)29)23(28)27-25(30)32-14-20-18-9-5-3-7-16(18)17-8-4-6-10-19(17)20/h3-10,15,20-22,26H,11-14H2,1-2H3,(H,27,28,30)/t21-,22-/m0/s1. The molecule has 2 aromatic carbocycles. The van der Waals surface area contributed by atoms with Gasteiger partial charge in [-0.2, -0.15) is 0 Å². The van der Waals surface area contributed by atoms with Gasteiger partial charge in [0.05, 0.1) is 12.6 Å². The molecule has 0 spiro atoms. The summed E-state index contributed by atoms with van der Waals surface area (Å²) >= 11 is 0. The molecule has 168 valence electrons. The Hall–Kier alpha value is -3.19. The van der Waals surface area contributed by atoms with Crippen molar-refractivity contribution >= 4 is 18.0 Å². The lowest BCUT2D eigenvalue weighted by atomic mass is 9.98. The highest BCUT2D eigenvalue weighted by Crippen LogP contribution is 2.44. The van der Waals surface area contributed by atoms with Crippen molar-refractivity contribution in [2.75, 3.05) is 13.2 Å². The fourth-order valence-electron chi connectivity index (χ4n) is 4.43. The van der Waals surface area contributed by atoms with Crippen molar-refractivity contribution < 1.29 is 23.9 Å². The summed E-state index contributed by atoms with van der Waals surface area (Å²) in [5.41, 5.74) is 4.48. The Morgan fingerprint density at radius 3 is 2.25 bits per heavy atom. The number of hydrogen-bond donors (Lipinski definition) is 2. The largest absolute Gasteiger partial charge is 0.464 e. The van der Waals surface area contributed by atoms with E-state index in [1.165, 1.54) is 0 Å². The van der Waals surface area contributed by atoms with Crippen molar-refractivity contribution in [3.8, 4) is 11.1 Å². The summed E-state index contributed by atoms with van der Waals surface area (Å²) < 4.78 is 10.4. The van der Waals surface area contributed by atoms with Gasteiger partial charge in [0.15, 0.2) is 0 Å². The van der Waals surface area contributed by atoms with Gasteiger partial charge in [-0.15, -0.1) is 0 Å². The average molecular weight is 437 g/mol. The van der Waals surface area contributed by atoms with Gasteiger partial charge in [-0.1, -0.05) is 62.4 Å². The molecule has 4 rings (SSSR count). The normalized spacial score (nSPS) is 18.1. The van der Waals surface area contributed by atoms with Gasteiger partial charge in [-0.3, -0.25) is 20.2 Å².